The van der Waals surface area contributed by atoms with Crippen molar-refractivity contribution < 1.29 is 9.59 Å². The van der Waals surface area contributed by atoms with E-state index in [1.807, 2.05) is 30.3 Å². The minimum atomic E-state index is -0.947. The van der Waals surface area contributed by atoms with Gasteiger partial charge in [-0.2, -0.15) is 10.5 Å². The normalized spacial score (nSPS) is 19.5. The summed E-state index contributed by atoms with van der Waals surface area (Å²) in [6.07, 6.45) is 0.921. The molecule has 7 heteroatoms. The van der Waals surface area contributed by atoms with E-state index in [4.69, 9.17) is 0 Å². The molecule has 2 atom stereocenters. The van der Waals surface area contributed by atoms with Crippen molar-refractivity contribution in [3.8, 4) is 12.1 Å². The number of rotatable bonds is 5. The van der Waals surface area contributed by atoms with Crippen molar-refractivity contribution in [2.75, 3.05) is 5.32 Å². The molecule has 0 unspecified atom stereocenters. The highest BCUT2D eigenvalue weighted by Crippen LogP contribution is 2.42. The van der Waals surface area contributed by atoms with Gasteiger partial charge in [-0.3, -0.25) is 9.59 Å². The summed E-state index contributed by atoms with van der Waals surface area (Å²) in [5.74, 6) is -1.63. The van der Waals surface area contributed by atoms with Gasteiger partial charge in [0.25, 0.3) is 0 Å². The molecule has 1 aliphatic rings. The summed E-state index contributed by atoms with van der Waals surface area (Å²) in [7, 11) is 0. The molecule has 2 amide bonds. The number of nitriles is 2. The number of thioether (sulfide) groups is 1. The second-order valence-electron chi connectivity index (χ2n) is 6.89. The van der Waals surface area contributed by atoms with E-state index < -0.39 is 22.5 Å². The lowest BCUT2D eigenvalue weighted by Gasteiger charge is -2.35. The zero-order chi connectivity index (χ0) is 20.2. The molecule has 2 N–H and O–H groups in total. The van der Waals surface area contributed by atoms with E-state index >= 15 is 0 Å². The number of hydrogen-bond acceptors (Lipinski definition) is 5. The highest BCUT2D eigenvalue weighted by Gasteiger charge is 2.45. The average molecular weight is 382 g/mol. The van der Waals surface area contributed by atoms with Crippen LogP contribution < -0.4 is 10.6 Å². The average Bonchev–Trinajstić information content (AvgIpc) is 2.62. The molecule has 140 valence electrons. The minimum absolute atomic E-state index is 0.233. The van der Waals surface area contributed by atoms with Crippen LogP contribution in [0.4, 0.5) is 5.69 Å². The van der Waals surface area contributed by atoms with Crippen molar-refractivity contribution in [3.63, 3.8) is 0 Å². The Kier molecular flexibility index (Phi) is 6.30. The van der Waals surface area contributed by atoms with Gasteiger partial charge in [-0.15, -0.1) is 0 Å². The van der Waals surface area contributed by atoms with E-state index in [1.54, 1.807) is 20.8 Å². The number of nitrogens with one attached hydrogen (secondary N) is 2. The molecule has 0 spiro atoms. The monoisotopic (exact) mass is 382 g/mol. The topological polar surface area (TPSA) is 106 Å². The fraction of sp³-hybridized carbons (Fsp3) is 0.400. The van der Waals surface area contributed by atoms with Crippen molar-refractivity contribution >= 4 is 29.3 Å². The number of carbonyl (C=O) groups excluding carboxylic acids is 2. The molecular weight excluding hydrogens is 360 g/mol. The number of nitrogens with zero attached hydrogens (tertiary/aromatic N) is 2. The molecule has 0 bridgehead atoms. The van der Waals surface area contributed by atoms with Crippen LogP contribution in [-0.2, 0) is 16.0 Å². The Bertz CT molecular complexity index is 859. The quantitative estimate of drug-likeness (QED) is 0.812. The lowest BCUT2D eigenvalue weighted by Crippen LogP contribution is -2.45. The minimum Gasteiger partial charge on any atom is -0.325 e. The van der Waals surface area contributed by atoms with Gasteiger partial charge in [0.2, 0.25) is 11.8 Å². The van der Waals surface area contributed by atoms with Crippen LogP contribution >= 0.6 is 11.8 Å². The number of carbonyl (C=O) groups is 2. The highest BCUT2D eigenvalue weighted by molar-refractivity contribution is 8.04. The number of amides is 2. The van der Waals surface area contributed by atoms with Gasteiger partial charge in [0.15, 0.2) is 0 Å². The molecule has 6 nitrogen and oxygen atoms in total. The van der Waals surface area contributed by atoms with E-state index in [9.17, 15) is 20.1 Å². The van der Waals surface area contributed by atoms with E-state index in [1.165, 1.54) is 5.56 Å². The van der Waals surface area contributed by atoms with Crippen LogP contribution in [0.1, 0.15) is 33.3 Å². The van der Waals surface area contributed by atoms with Crippen LogP contribution in [0.3, 0.4) is 0 Å². The van der Waals surface area contributed by atoms with E-state index in [2.05, 4.69) is 23.6 Å². The first-order valence-corrected chi connectivity index (χ1v) is 9.54. The molecule has 1 heterocycles. The Hall–Kier alpha value is -2.77. The zero-order valence-electron chi connectivity index (χ0n) is 15.8. The van der Waals surface area contributed by atoms with Gasteiger partial charge in [-0.25, -0.2) is 0 Å². The number of hydrogen-bond donors (Lipinski definition) is 2. The maximum absolute atomic E-state index is 12.5. The van der Waals surface area contributed by atoms with Crippen molar-refractivity contribution in [1.82, 2.24) is 5.32 Å². The maximum atomic E-state index is 12.5. The smallest absolute Gasteiger partial charge is 0.243 e. The van der Waals surface area contributed by atoms with Crippen molar-refractivity contribution in [2.45, 2.75) is 39.4 Å². The van der Waals surface area contributed by atoms with Crippen LogP contribution in [0, 0.1) is 34.0 Å². The molecule has 0 aromatic heterocycles. The molecule has 2 rings (SSSR count). The number of anilines is 1. The van der Waals surface area contributed by atoms with Gasteiger partial charge < -0.3 is 10.6 Å². The Labute approximate surface area is 163 Å². The van der Waals surface area contributed by atoms with Gasteiger partial charge in [-0.1, -0.05) is 44.7 Å². The summed E-state index contributed by atoms with van der Waals surface area (Å²) >= 11 is 1.11. The zero-order valence-corrected chi connectivity index (χ0v) is 16.6. The number of allylic oxidation sites excluding steroid dienone is 1. The molecule has 1 aliphatic heterocycles. The van der Waals surface area contributed by atoms with Crippen molar-refractivity contribution in [1.29, 1.82) is 10.5 Å². The van der Waals surface area contributed by atoms with Crippen molar-refractivity contribution in [2.24, 2.45) is 11.3 Å². The Morgan fingerprint density at radius 3 is 2.48 bits per heavy atom. The summed E-state index contributed by atoms with van der Waals surface area (Å²) in [6, 6.07) is 11.7. The fourth-order valence-electron chi connectivity index (χ4n) is 2.81. The van der Waals surface area contributed by atoms with Crippen molar-refractivity contribution in [3.05, 3.63) is 40.4 Å². The number of benzene rings is 1. The molecular formula is C20H22N4O2S. The van der Waals surface area contributed by atoms with Gasteiger partial charge in [-0.05, 0) is 31.0 Å². The largest absolute Gasteiger partial charge is 0.325 e. The maximum Gasteiger partial charge on any atom is 0.243 e. The van der Waals surface area contributed by atoms with E-state index in [-0.39, 0.29) is 5.91 Å². The molecule has 0 fully saturated rings. The predicted octanol–water partition coefficient (Wildman–Crippen LogP) is 3.34. The SMILES string of the molecule is CCc1ccc(NC(=O)[C@H](C)SC2=C(C#N)C(C)(C)[C@H](C#N)C(=O)N2)cc1. The summed E-state index contributed by atoms with van der Waals surface area (Å²) in [4.78, 5) is 24.7. The molecule has 1 aromatic rings. The van der Waals surface area contributed by atoms with Gasteiger partial charge in [0, 0.05) is 11.1 Å². The first-order valence-electron chi connectivity index (χ1n) is 8.66. The molecule has 1 aromatic carbocycles. The molecule has 0 radical (unpaired) electrons. The lowest BCUT2D eigenvalue weighted by atomic mass is 9.72. The fourth-order valence-corrected chi connectivity index (χ4v) is 3.92. The van der Waals surface area contributed by atoms with Crippen LogP contribution in [-0.4, -0.2) is 17.1 Å². The number of aryl methyl sites for hydroxylation is 1. The first-order chi connectivity index (χ1) is 12.7. The molecule has 0 saturated carbocycles. The third-order valence-electron chi connectivity index (χ3n) is 4.63. The molecule has 0 aliphatic carbocycles. The van der Waals surface area contributed by atoms with Crippen LogP contribution in [0.5, 0.6) is 0 Å². The second kappa shape index (κ2) is 8.28. The van der Waals surface area contributed by atoms with Gasteiger partial charge >= 0.3 is 0 Å². The summed E-state index contributed by atoms with van der Waals surface area (Å²) in [5.41, 5.74) is 1.26. The Morgan fingerprint density at radius 1 is 1.33 bits per heavy atom. The highest BCUT2D eigenvalue weighted by atomic mass is 32.2. The van der Waals surface area contributed by atoms with Crippen LogP contribution in [0.2, 0.25) is 0 Å². The summed E-state index contributed by atoms with van der Waals surface area (Å²) < 4.78 is 0. The van der Waals surface area contributed by atoms with Gasteiger partial charge in [0.1, 0.15) is 5.92 Å². The second-order valence-corrected chi connectivity index (χ2v) is 8.24. The Morgan fingerprint density at radius 2 is 1.96 bits per heavy atom. The van der Waals surface area contributed by atoms with E-state index in [0.717, 1.165) is 18.2 Å². The molecule has 27 heavy (non-hydrogen) atoms. The summed E-state index contributed by atoms with van der Waals surface area (Å²) in [5, 5.41) is 24.1. The lowest BCUT2D eigenvalue weighted by molar-refractivity contribution is -0.125. The Balaban J connectivity index is 2.17. The summed E-state index contributed by atoms with van der Waals surface area (Å²) in [6.45, 7) is 7.15. The standard InChI is InChI=1S/C20H22N4O2S/c1-5-13-6-8-14(9-7-13)23-17(25)12(2)27-19-16(11-22)20(3,4)15(10-21)18(26)24-19/h6-9,12,15H,5H2,1-4H3,(H,23,25)(H,24,26)/t12-,15+/m0/s1. The third kappa shape index (κ3) is 4.32. The predicted molar refractivity (Wildman–Crippen MR) is 105 cm³/mol. The third-order valence-corrected chi connectivity index (χ3v) is 5.74. The van der Waals surface area contributed by atoms with Gasteiger partial charge in [0.05, 0.1) is 28.0 Å². The molecule has 0 saturated heterocycles. The van der Waals surface area contributed by atoms with Crippen LogP contribution in [0.25, 0.3) is 0 Å². The first kappa shape index (κ1) is 20.5. The van der Waals surface area contributed by atoms with Crippen LogP contribution in [0.15, 0.2) is 34.9 Å². The van der Waals surface area contributed by atoms with E-state index in [0.29, 0.717) is 16.3 Å².